The van der Waals surface area contributed by atoms with Gasteiger partial charge in [-0.2, -0.15) is 0 Å². The van der Waals surface area contributed by atoms with Crippen molar-refractivity contribution in [2.45, 2.75) is 25.0 Å². The van der Waals surface area contributed by atoms with Crippen LogP contribution in [0.3, 0.4) is 0 Å². The number of nitrogens with one attached hydrogen (secondary N) is 1. The molecule has 3 atom stereocenters. The molecule has 1 aromatic rings. The Bertz CT molecular complexity index is 311. The number of benzene rings is 1. The summed E-state index contributed by atoms with van der Waals surface area (Å²) < 4.78 is 5.95. The van der Waals surface area contributed by atoms with Crippen molar-refractivity contribution in [3.63, 3.8) is 0 Å². The average Bonchev–Trinajstić information content (AvgIpc) is 2.81. The van der Waals surface area contributed by atoms with Gasteiger partial charge in [-0.15, -0.1) is 0 Å². The molecule has 1 aliphatic carbocycles. The van der Waals surface area contributed by atoms with Crippen molar-refractivity contribution in [1.29, 1.82) is 0 Å². The Morgan fingerprint density at radius 3 is 2.79 bits per heavy atom. The molecule has 3 unspecified atom stereocenters. The summed E-state index contributed by atoms with van der Waals surface area (Å²) in [4.78, 5) is 0. The van der Waals surface area contributed by atoms with Crippen molar-refractivity contribution in [1.82, 2.24) is 5.32 Å². The van der Waals surface area contributed by atoms with Crippen molar-refractivity contribution in [2.24, 2.45) is 5.92 Å². The molecule has 0 spiro atoms. The highest BCUT2D eigenvalue weighted by Crippen LogP contribution is 2.34. The van der Waals surface area contributed by atoms with E-state index in [2.05, 4.69) is 11.4 Å². The van der Waals surface area contributed by atoms with Gasteiger partial charge in [0, 0.05) is 18.5 Å². The van der Waals surface area contributed by atoms with E-state index in [1.165, 1.54) is 12.8 Å². The highest BCUT2D eigenvalue weighted by molar-refractivity contribution is 5.21. The summed E-state index contributed by atoms with van der Waals surface area (Å²) in [5.41, 5.74) is 0. The maximum Gasteiger partial charge on any atom is 0.119 e. The second-order valence-electron chi connectivity index (χ2n) is 4.23. The van der Waals surface area contributed by atoms with Crippen molar-refractivity contribution in [3.05, 3.63) is 30.3 Å². The monoisotopic (exact) mass is 188 g/mol. The molecule has 2 fully saturated rings. The van der Waals surface area contributed by atoms with Crippen LogP contribution in [0.5, 0.6) is 5.75 Å². The fourth-order valence-electron chi connectivity index (χ4n) is 2.56. The van der Waals surface area contributed by atoms with Crippen LogP contribution in [-0.2, 0) is 0 Å². The largest absolute Gasteiger partial charge is 0.490 e. The third kappa shape index (κ3) is 1.40. The van der Waals surface area contributed by atoms with E-state index in [9.17, 15) is 0 Å². The van der Waals surface area contributed by atoms with Crippen LogP contribution in [-0.4, -0.2) is 18.7 Å². The fraction of sp³-hybridized carbons (Fsp3) is 0.500. The third-order valence-corrected chi connectivity index (χ3v) is 3.27. The van der Waals surface area contributed by atoms with Crippen LogP contribution >= 0.6 is 0 Å². The lowest BCUT2D eigenvalue weighted by Gasteiger charge is -2.23. The van der Waals surface area contributed by atoms with E-state index in [0.717, 1.165) is 18.2 Å². The Morgan fingerprint density at radius 1 is 1.29 bits per heavy atom. The molecule has 1 heterocycles. The van der Waals surface area contributed by atoms with E-state index in [0.29, 0.717) is 12.1 Å². The summed E-state index contributed by atoms with van der Waals surface area (Å²) in [7, 11) is 0. The van der Waals surface area contributed by atoms with Gasteiger partial charge >= 0.3 is 0 Å². The Kier molecular flexibility index (Phi) is 1.95. The quantitative estimate of drug-likeness (QED) is 0.761. The summed E-state index contributed by atoms with van der Waals surface area (Å²) in [6, 6.07) is 11.5. The number of rotatable bonds is 2. The van der Waals surface area contributed by atoms with E-state index < -0.39 is 0 Å². The standard InChI is InChI=1S/C12H14NO/c1-2-4-11(5-3-1)14-12-7-10-6-9(12)8-13-10/h2-5,9-10,12-13H,6-8H2. The zero-order chi connectivity index (χ0) is 9.38. The van der Waals surface area contributed by atoms with E-state index in [1.807, 2.05) is 24.3 Å². The van der Waals surface area contributed by atoms with Crippen molar-refractivity contribution in [3.8, 4) is 5.75 Å². The second kappa shape index (κ2) is 3.28. The zero-order valence-electron chi connectivity index (χ0n) is 8.07. The smallest absolute Gasteiger partial charge is 0.119 e. The van der Waals surface area contributed by atoms with E-state index in [-0.39, 0.29) is 0 Å². The molecule has 1 saturated heterocycles. The first kappa shape index (κ1) is 8.30. The Morgan fingerprint density at radius 2 is 2.14 bits per heavy atom. The summed E-state index contributed by atoms with van der Waals surface area (Å²) in [6.07, 6.45) is 2.90. The number of ether oxygens (including phenoxy) is 1. The Balaban J connectivity index is 1.69. The molecular weight excluding hydrogens is 174 g/mol. The van der Waals surface area contributed by atoms with Crippen LogP contribution in [0.1, 0.15) is 12.8 Å². The minimum absolute atomic E-state index is 0.434. The normalized spacial score (nSPS) is 34.7. The van der Waals surface area contributed by atoms with Crippen molar-refractivity contribution < 1.29 is 4.74 Å². The molecule has 0 amide bonds. The minimum Gasteiger partial charge on any atom is -0.490 e. The second-order valence-corrected chi connectivity index (χ2v) is 4.23. The van der Waals surface area contributed by atoms with Crippen molar-refractivity contribution in [2.75, 3.05) is 6.54 Å². The molecule has 0 aromatic heterocycles. The van der Waals surface area contributed by atoms with Gasteiger partial charge in [-0.25, -0.2) is 0 Å². The molecule has 2 bridgehead atoms. The minimum atomic E-state index is 0.434. The lowest BCUT2D eigenvalue weighted by molar-refractivity contribution is 0.146. The predicted molar refractivity (Wildman–Crippen MR) is 54.2 cm³/mol. The Hall–Kier alpha value is -1.02. The van der Waals surface area contributed by atoms with Gasteiger partial charge in [0.25, 0.3) is 0 Å². The summed E-state index contributed by atoms with van der Waals surface area (Å²) in [5, 5.41) is 3.49. The molecule has 73 valence electrons. The lowest BCUT2D eigenvalue weighted by Crippen LogP contribution is -2.35. The van der Waals surface area contributed by atoms with Gasteiger partial charge in [0.15, 0.2) is 0 Å². The zero-order valence-corrected chi connectivity index (χ0v) is 8.07. The number of hydrogen-bond donors (Lipinski definition) is 1. The third-order valence-electron chi connectivity index (χ3n) is 3.27. The van der Waals surface area contributed by atoms with E-state index >= 15 is 0 Å². The van der Waals surface area contributed by atoms with Crippen LogP contribution in [0.25, 0.3) is 0 Å². The Labute approximate surface area is 84.3 Å². The molecule has 2 aliphatic rings. The maximum absolute atomic E-state index is 5.95. The van der Waals surface area contributed by atoms with E-state index in [4.69, 9.17) is 4.74 Å². The first-order chi connectivity index (χ1) is 6.92. The molecule has 2 heteroatoms. The highest BCUT2D eigenvalue weighted by atomic mass is 16.5. The average molecular weight is 188 g/mol. The van der Waals surface area contributed by atoms with Crippen molar-refractivity contribution >= 4 is 0 Å². The van der Waals surface area contributed by atoms with Gasteiger partial charge < -0.3 is 10.1 Å². The molecular formula is C12H14NO. The topological polar surface area (TPSA) is 21.3 Å². The van der Waals surface area contributed by atoms with Gasteiger partial charge in [0.05, 0.1) is 0 Å². The highest BCUT2D eigenvalue weighted by Gasteiger charge is 2.40. The summed E-state index contributed by atoms with van der Waals surface area (Å²) >= 11 is 0. The molecule has 2 nitrogen and oxygen atoms in total. The van der Waals surface area contributed by atoms with Gasteiger partial charge in [0.2, 0.25) is 0 Å². The van der Waals surface area contributed by atoms with Crippen LogP contribution in [0, 0.1) is 12.0 Å². The molecule has 1 aromatic carbocycles. The lowest BCUT2D eigenvalue weighted by atomic mass is 10.1. The first-order valence-corrected chi connectivity index (χ1v) is 5.28. The summed E-state index contributed by atoms with van der Waals surface area (Å²) in [6.45, 7) is 1.13. The predicted octanol–water partition coefficient (Wildman–Crippen LogP) is 1.62. The maximum atomic E-state index is 5.95. The molecule has 1 N–H and O–H groups in total. The van der Waals surface area contributed by atoms with Gasteiger partial charge in [0.1, 0.15) is 11.9 Å². The molecule has 1 radical (unpaired) electrons. The van der Waals surface area contributed by atoms with E-state index in [1.54, 1.807) is 0 Å². The summed E-state index contributed by atoms with van der Waals surface area (Å²) in [5.74, 6) is 1.71. The first-order valence-electron chi connectivity index (χ1n) is 5.28. The molecule has 1 saturated carbocycles. The van der Waals surface area contributed by atoms with Crippen LogP contribution in [0.4, 0.5) is 0 Å². The van der Waals surface area contributed by atoms with Gasteiger partial charge in [-0.3, -0.25) is 0 Å². The fourth-order valence-corrected chi connectivity index (χ4v) is 2.56. The van der Waals surface area contributed by atoms with Crippen LogP contribution in [0.15, 0.2) is 24.3 Å². The van der Waals surface area contributed by atoms with Crippen LogP contribution in [0.2, 0.25) is 0 Å². The van der Waals surface area contributed by atoms with Gasteiger partial charge in [-0.05, 0) is 31.0 Å². The molecule has 14 heavy (non-hydrogen) atoms. The SMILES string of the molecule is [c]1ccc(OC2CC3CC2CN3)cc1. The van der Waals surface area contributed by atoms with Gasteiger partial charge in [-0.1, -0.05) is 12.1 Å². The number of piperidine rings is 1. The molecule has 1 aliphatic heterocycles. The van der Waals surface area contributed by atoms with Crippen LogP contribution < -0.4 is 10.1 Å². The number of fused-ring (bicyclic) bond motifs is 2. The molecule has 3 rings (SSSR count). The number of hydrogen-bond acceptors (Lipinski definition) is 2.